The van der Waals surface area contributed by atoms with Gasteiger partial charge >= 0.3 is 0 Å². The molecule has 0 fully saturated rings. The van der Waals surface area contributed by atoms with Crippen LogP contribution < -0.4 is 10.6 Å². The van der Waals surface area contributed by atoms with Gasteiger partial charge in [0.15, 0.2) is 0 Å². The number of rotatable bonds is 8. The number of carbonyl (C=O) groups is 1. The normalized spacial score (nSPS) is 14.6. The Bertz CT molecular complexity index is 210. The quantitative estimate of drug-likeness (QED) is 0.592. The lowest BCUT2D eigenvalue weighted by Gasteiger charge is -2.09. The van der Waals surface area contributed by atoms with E-state index in [2.05, 4.69) is 10.6 Å². The minimum Gasteiger partial charge on any atom is -0.356 e. The van der Waals surface area contributed by atoms with Crippen LogP contribution in [0.3, 0.4) is 0 Å². The van der Waals surface area contributed by atoms with E-state index in [1.807, 2.05) is 14.0 Å². The molecule has 0 aliphatic rings. The highest BCUT2D eigenvalue weighted by atomic mass is 32.2. The van der Waals surface area contributed by atoms with Gasteiger partial charge in [0.2, 0.25) is 5.91 Å². The zero-order valence-electron chi connectivity index (χ0n) is 9.84. The smallest absolute Gasteiger partial charge is 0.220 e. The second kappa shape index (κ2) is 8.85. The number of hydrogen-bond acceptors (Lipinski definition) is 3. The van der Waals surface area contributed by atoms with Crippen LogP contribution >= 0.6 is 0 Å². The highest BCUT2D eigenvalue weighted by molar-refractivity contribution is 7.84. The van der Waals surface area contributed by atoms with Crippen molar-refractivity contribution < 1.29 is 9.00 Å². The predicted octanol–water partition coefficient (Wildman–Crippen LogP) is 0.259. The van der Waals surface area contributed by atoms with E-state index in [1.54, 1.807) is 6.26 Å². The van der Waals surface area contributed by atoms with Crippen molar-refractivity contribution in [2.24, 2.45) is 0 Å². The molecule has 90 valence electrons. The molecule has 0 aromatic rings. The van der Waals surface area contributed by atoms with E-state index in [9.17, 15) is 9.00 Å². The van der Waals surface area contributed by atoms with E-state index in [4.69, 9.17) is 0 Å². The highest BCUT2D eigenvalue weighted by Gasteiger charge is 2.06. The summed E-state index contributed by atoms with van der Waals surface area (Å²) in [6, 6.07) is 0. The van der Waals surface area contributed by atoms with Crippen molar-refractivity contribution in [3.63, 3.8) is 0 Å². The third-order valence-electron chi connectivity index (χ3n) is 2.27. The lowest BCUT2D eigenvalue weighted by molar-refractivity contribution is -0.121. The van der Waals surface area contributed by atoms with E-state index < -0.39 is 10.8 Å². The van der Waals surface area contributed by atoms with Gasteiger partial charge in [-0.05, 0) is 26.4 Å². The van der Waals surface area contributed by atoms with Gasteiger partial charge in [-0.1, -0.05) is 6.92 Å². The van der Waals surface area contributed by atoms with Crippen molar-refractivity contribution in [3.8, 4) is 0 Å². The van der Waals surface area contributed by atoms with Gasteiger partial charge in [-0.25, -0.2) is 0 Å². The van der Waals surface area contributed by atoms with E-state index in [0.29, 0.717) is 13.0 Å². The van der Waals surface area contributed by atoms with Crippen molar-refractivity contribution >= 4 is 16.7 Å². The van der Waals surface area contributed by atoms with Crippen LogP contribution in [0.25, 0.3) is 0 Å². The first-order valence-corrected chi connectivity index (χ1v) is 6.93. The maximum Gasteiger partial charge on any atom is 0.220 e. The van der Waals surface area contributed by atoms with Gasteiger partial charge in [-0.2, -0.15) is 0 Å². The topological polar surface area (TPSA) is 58.2 Å². The molecule has 2 atom stereocenters. The Morgan fingerprint density at radius 2 is 2.07 bits per heavy atom. The Labute approximate surface area is 94.7 Å². The molecule has 0 saturated carbocycles. The third-order valence-corrected chi connectivity index (χ3v) is 3.64. The first-order chi connectivity index (χ1) is 7.07. The van der Waals surface area contributed by atoms with Crippen LogP contribution in [0, 0.1) is 0 Å². The highest BCUT2D eigenvalue weighted by Crippen LogP contribution is 1.97. The average molecular weight is 234 g/mol. The summed E-state index contributed by atoms with van der Waals surface area (Å²) in [6.07, 6.45) is 3.89. The van der Waals surface area contributed by atoms with E-state index in [0.717, 1.165) is 19.4 Å². The molecule has 0 bridgehead atoms. The van der Waals surface area contributed by atoms with Crippen LogP contribution in [0.5, 0.6) is 0 Å². The van der Waals surface area contributed by atoms with Gasteiger partial charge < -0.3 is 10.6 Å². The molecule has 2 N–H and O–H groups in total. The van der Waals surface area contributed by atoms with Crippen molar-refractivity contribution in [3.05, 3.63) is 0 Å². The van der Waals surface area contributed by atoms with Gasteiger partial charge in [0.05, 0.1) is 0 Å². The monoisotopic (exact) mass is 234 g/mol. The van der Waals surface area contributed by atoms with E-state index in [-0.39, 0.29) is 11.2 Å². The average Bonchev–Trinajstić information content (AvgIpc) is 2.18. The Morgan fingerprint density at radius 1 is 1.40 bits per heavy atom. The van der Waals surface area contributed by atoms with Crippen LogP contribution in [0.4, 0.5) is 0 Å². The molecule has 4 nitrogen and oxygen atoms in total. The summed E-state index contributed by atoms with van der Waals surface area (Å²) >= 11 is 0. The Morgan fingerprint density at radius 3 is 2.60 bits per heavy atom. The van der Waals surface area contributed by atoms with E-state index in [1.165, 1.54) is 0 Å². The summed E-state index contributed by atoms with van der Waals surface area (Å²) in [4.78, 5) is 11.3. The SMILES string of the molecule is CNCCCC(=O)NCCC(C)S(C)=O. The maximum atomic E-state index is 11.3. The van der Waals surface area contributed by atoms with Crippen LogP contribution in [0.15, 0.2) is 0 Å². The van der Waals surface area contributed by atoms with Crippen LogP contribution in [0.1, 0.15) is 26.2 Å². The molecule has 5 heteroatoms. The molecule has 0 spiro atoms. The second-order valence-corrected chi connectivity index (χ2v) is 5.46. The molecule has 2 unspecified atom stereocenters. The lowest BCUT2D eigenvalue weighted by atomic mass is 10.3. The molecule has 0 saturated heterocycles. The largest absolute Gasteiger partial charge is 0.356 e. The zero-order valence-corrected chi connectivity index (χ0v) is 10.7. The zero-order chi connectivity index (χ0) is 11.7. The standard InChI is InChI=1S/C10H22N2O2S/c1-9(15(3)14)6-8-12-10(13)5-4-7-11-2/h9,11H,4-8H2,1-3H3,(H,12,13). The molecule has 0 radical (unpaired) electrons. The number of carbonyl (C=O) groups excluding carboxylic acids is 1. The first-order valence-electron chi connectivity index (χ1n) is 5.31. The predicted molar refractivity (Wildman–Crippen MR) is 64.3 cm³/mol. The molecule has 15 heavy (non-hydrogen) atoms. The number of amides is 1. The van der Waals surface area contributed by atoms with Gasteiger partial charge in [0.1, 0.15) is 0 Å². The molecule has 0 aromatic heterocycles. The minimum atomic E-state index is -0.793. The van der Waals surface area contributed by atoms with Crippen molar-refractivity contribution in [1.82, 2.24) is 10.6 Å². The second-order valence-electron chi connectivity index (χ2n) is 3.65. The molecule has 1 amide bonds. The minimum absolute atomic E-state index is 0.0827. The summed E-state index contributed by atoms with van der Waals surface area (Å²) in [7, 11) is 1.08. The lowest BCUT2D eigenvalue weighted by Crippen LogP contribution is -2.27. The van der Waals surface area contributed by atoms with Crippen molar-refractivity contribution in [2.45, 2.75) is 31.4 Å². The fraction of sp³-hybridized carbons (Fsp3) is 0.900. The number of nitrogens with one attached hydrogen (secondary N) is 2. The maximum absolute atomic E-state index is 11.3. The van der Waals surface area contributed by atoms with Crippen molar-refractivity contribution in [1.29, 1.82) is 0 Å². The fourth-order valence-electron chi connectivity index (χ4n) is 1.09. The fourth-order valence-corrected chi connectivity index (χ4v) is 1.54. The molecule has 0 aliphatic heterocycles. The molecular weight excluding hydrogens is 212 g/mol. The summed E-state index contributed by atoms with van der Waals surface area (Å²) in [6.45, 7) is 3.42. The number of hydrogen-bond donors (Lipinski definition) is 2. The summed E-state index contributed by atoms with van der Waals surface area (Å²) in [5.74, 6) is 0.0827. The van der Waals surface area contributed by atoms with Crippen LogP contribution in [-0.4, -0.2) is 41.8 Å². The van der Waals surface area contributed by atoms with Crippen LogP contribution in [0.2, 0.25) is 0 Å². The van der Waals surface area contributed by atoms with Gasteiger partial charge in [-0.3, -0.25) is 9.00 Å². The molecule has 0 heterocycles. The Hall–Kier alpha value is -0.420. The molecule has 0 aromatic carbocycles. The van der Waals surface area contributed by atoms with Gasteiger partial charge in [0.25, 0.3) is 0 Å². The molecule has 0 aliphatic carbocycles. The molecule has 0 rings (SSSR count). The van der Waals surface area contributed by atoms with Crippen molar-refractivity contribution in [2.75, 3.05) is 26.4 Å². The van der Waals surface area contributed by atoms with Gasteiger partial charge in [-0.15, -0.1) is 0 Å². The summed E-state index contributed by atoms with van der Waals surface area (Å²) in [5, 5.41) is 5.97. The van der Waals surface area contributed by atoms with Gasteiger partial charge in [0, 0.05) is 35.3 Å². The van der Waals surface area contributed by atoms with E-state index >= 15 is 0 Å². The molecular formula is C10H22N2O2S. The Balaban J connectivity index is 3.42. The first kappa shape index (κ1) is 14.6. The van der Waals surface area contributed by atoms with Crippen LogP contribution in [-0.2, 0) is 15.6 Å². The summed E-state index contributed by atoms with van der Waals surface area (Å²) in [5.41, 5.74) is 0. The third kappa shape index (κ3) is 8.57. The summed E-state index contributed by atoms with van der Waals surface area (Å²) < 4.78 is 11.0. The Kier molecular flexibility index (Phi) is 8.61.